The molecule has 0 fully saturated rings. The summed E-state index contributed by atoms with van der Waals surface area (Å²) in [6.45, 7) is 7.93. The molecular weight excluding hydrogens is 248 g/mol. The van der Waals surface area contributed by atoms with E-state index in [4.69, 9.17) is 4.74 Å². The lowest BCUT2D eigenvalue weighted by Gasteiger charge is -2.22. The molecule has 3 heteroatoms. The first-order valence-electron chi connectivity index (χ1n) is 6.94. The van der Waals surface area contributed by atoms with Gasteiger partial charge in [0.2, 0.25) is 0 Å². The van der Waals surface area contributed by atoms with Crippen molar-refractivity contribution >= 4 is 5.82 Å². The average Bonchev–Trinajstić information content (AvgIpc) is 2.44. The molecule has 0 amide bonds. The number of nitrogens with one attached hydrogen (secondary N) is 1. The highest BCUT2D eigenvalue weighted by Crippen LogP contribution is 2.30. The Kier molecular flexibility index (Phi) is 4.61. The first-order chi connectivity index (χ1) is 9.57. The zero-order valence-corrected chi connectivity index (χ0v) is 12.4. The summed E-state index contributed by atoms with van der Waals surface area (Å²) in [4.78, 5) is 4.21. The smallest absolute Gasteiger partial charge is 0.125 e. The fourth-order valence-electron chi connectivity index (χ4n) is 2.02. The van der Waals surface area contributed by atoms with Crippen LogP contribution in [0, 0.1) is 0 Å². The number of hydrogen-bond donors (Lipinski definition) is 1. The van der Waals surface area contributed by atoms with Crippen LogP contribution in [0.3, 0.4) is 0 Å². The molecule has 0 unspecified atom stereocenters. The molecule has 1 aromatic carbocycles. The molecule has 0 aliphatic carbocycles. The van der Waals surface area contributed by atoms with E-state index in [0.29, 0.717) is 6.61 Å². The molecule has 1 heterocycles. The van der Waals surface area contributed by atoms with Crippen LogP contribution >= 0.6 is 0 Å². The fourth-order valence-corrected chi connectivity index (χ4v) is 2.02. The summed E-state index contributed by atoms with van der Waals surface area (Å²) in [6, 6.07) is 14.0. The molecule has 20 heavy (non-hydrogen) atoms. The van der Waals surface area contributed by atoms with Gasteiger partial charge in [0.15, 0.2) is 0 Å². The van der Waals surface area contributed by atoms with Crippen LogP contribution in [0.5, 0.6) is 5.75 Å². The van der Waals surface area contributed by atoms with Crippen LogP contribution in [-0.4, -0.2) is 18.1 Å². The molecular formula is C17H22N2O. The maximum Gasteiger partial charge on any atom is 0.125 e. The average molecular weight is 270 g/mol. The van der Waals surface area contributed by atoms with Crippen molar-refractivity contribution in [1.29, 1.82) is 0 Å². The normalized spacial score (nSPS) is 11.2. The Bertz CT molecular complexity index is 532. The highest BCUT2D eigenvalue weighted by atomic mass is 16.5. The SMILES string of the molecule is CC(C)(C)c1ccccc1OCCNc1ccccn1. The number of rotatable bonds is 5. The van der Waals surface area contributed by atoms with Gasteiger partial charge in [-0.05, 0) is 29.2 Å². The number of ether oxygens (including phenoxy) is 1. The summed E-state index contributed by atoms with van der Waals surface area (Å²) in [5, 5.41) is 3.24. The Balaban J connectivity index is 1.89. The Morgan fingerprint density at radius 3 is 2.50 bits per heavy atom. The number of pyridine rings is 1. The quantitative estimate of drug-likeness (QED) is 0.837. The van der Waals surface area contributed by atoms with Crippen molar-refractivity contribution < 1.29 is 4.74 Å². The van der Waals surface area contributed by atoms with Gasteiger partial charge in [-0.25, -0.2) is 4.98 Å². The van der Waals surface area contributed by atoms with Gasteiger partial charge in [-0.1, -0.05) is 45.0 Å². The number of aromatic nitrogens is 1. The van der Waals surface area contributed by atoms with E-state index in [-0.39, 0.29) is 5.41 Å². The molecule has 2 rings (SSSR count). The van der Waals surface area contributed by atoms with Crippen molar-refractivity contribution in [3.05, 3.63) is 54.2 Å². The minimum absolute atomic E-state index is 0.0883. The van der Waals surface area contributed by atoms with Gasteiger partial charge >= 0.3 is 0 Å². The van der Waals surface area contributed by atoms with E-state index in [9.17, 15) is 0 Å². The molecule has 0 saturated heterocycles. The molecule has 3 nitrogen and oxygen atoms in total. The van der Waals surface area contributed by atoms with Crippen molar-refractivity contribution in [2.75, 3.05) is 18.5 Å². The first kappa shape index (κ1) is 14.4. The number of hydrogen-bond acceptors (Lipinski definition) is 3. The minimum Gasteiger partial charge on any atom is -0.491 e. The van der Waals surface area contributed by atoms with Gasteiger partial charge in [0.05, 0.1) is 6.54 Å². The molecule has 0 aliphatic heterocycles. The summed E-state index contributed by atoms with van der Waals surface area (Å²) in [5.41, 5.74) is 1.32. The summed E-state index contributed by atoms with van der Waals surface area (Å²) in [6.07, 6.45) is 1.78. The second-order valence-electron chi connectivity index (χ2n) is 5.74. The van der Waals surface area contributed by atoms with E-state index >= 15 is 0 Å². The van der Waals surface area contributed by atoms with E-state index in [1.807, 2.05) is 30.3 Å². The number of anilines is 1. The molecule has 1 aromatic heterocycles. The Morgan fingerprint density at radius 1 is 1.05 bits per heavy atom. The lowest BCUT2D eigenvalue weighted by Crippen LogP contribution is -2.16. The summed E-state index contributed by atoms with van der Waals surface area (Å²) < 4.78 is 5.90. The van der Waals surface area contributed by atoms with E-state index < -0.39 is 0 Å². The zero-order valence-electron chi connectivity index (χ0n) is 12.4. The third-order valence-corrected chi connectivity index (χ3v) is 3.03. The fraction of sp³-hybridized carbons (Fsp3) is 0.353. The predicted molar refractivity (Wildman–Crippen MR) is 83.4 cm³/mol. The van der Waals surface area contributed by atoms with Gasteiger partial charge in [0.1, 0.15) is 18.2 Å². The topological polar surface area (TPSA) is 34.1 Å². The van der Waals surface area contributed by atoms with Crippen molar-refractivity contribution in [3.63, 3.8) is 0 Å². The van der Waals surface area contributed by atoms with Crippen molar-refractivity contribution in [1.82, 2.24) is 4.98 Å². The maximum atomic E-state index is 5.90. The Morgan fingerprint density at radius 2 is 1.80 bits per heavy atom. The Hall–Kier alpha value is -2.03. The number of benzene rings is 1. The lowest BCUT2D eigenvalue weighted by atomic mass is 9.86. The van der Waals surface area contributed by atoms with Gasteiger partial charge in [0, 0.05) is 6.20 Å². The van der Waals surface area contributed by atoms with Crippen molar-refractivity contribution in [3.8, 4) is 5.75 Å². The molecule has 0 aliphatic rings. The minimum atomic E-state index is 0.0883. The van der Waals surface area contributed by atoms with Gasteiger partial charge in [-0.15, -0.1) is 0 Å². The van der Waals surface area contributed by atoms with E-state index in [1.54, 1.807) is 6.20 Å². The zero-order chi connectivity index (χ0) is 14.4. The molecule has 106 valence electrons. The summed E-state index contributed by atoms with van der Waals surface area (Å²) >= 11 is 0. The number of nitrogens with zero attached hydrogens (tertiary/aromatic N) is 1. The Labute approximate surface area is 121 Å². The molecule has 0 atom stereocenters. The van der Waals surface area contributed by atoms with Crippen molar-refractivity contribution in [2.24, 2.45) is 0 Å². The molecule has 0 spiro atoms. The third kappa shape index (κ3) is 3.98. The molecule has 0 bridgehead atoms. The maximum absolute atomic E-state index is 5.90. The second kappa shape index (κ2) is 6.42. The van der Waals surface area contributed by atoms with Crippen LogP contribution < -0.4 is 10.1 Å². The van der Waals surface area contributed by atoms with E-state index in [2.05, 4.69) is 43.2 Å². The molecule has 0 radical (unpaired) electrons. The molecule has 0 saturated carbocycles. The van der Waals surface area contributed by atoms with Crippen LogP contribution in [0.25, 0.3) is 0 Å². The van der Waals surface area contributed by atoms with Gasteiger partial charge < -0.3 is 10.1 Å². The highest BCUT2D eigenvalue weighted by Gasteiger charge is 2.18. The lowest BCUT2D eigenvalue weighted by molar-refractivity contribution is 0.323. The van der Waals surface area contributed by atoms with Gasteiger partial charge in [0.25, 0.3) is 0 Å². The largest absolute Gasteiger partial charge is 0.491 e. The van der Waals surface area contributed by atoms with Crippen LogP contribution in [0.2, 0.25) is 0 Å². The monoisotopic (exact) mass is 270 g/mol. The highest BCUT2D eigenvalue weighted by molar-refractivity contribution is 5.38. The standard InChI is InChI=1S/C17H22N2O/c1-17(2,3)14-8-4-5-9-15(14)20-13-12-19-16-10-6-7-11-18-16/h4-11H,12-13H2,1-3H3,(H,18,19). The van der Waals surface area contributed by atoms with Crippen LogP contribution in [-0.2, 0) is 5.41 Å². The van der Waals surface area contributed by atoms with Crippen LogP contribution in [0.15, 0.2) is 48.7 Å². The number of para-hydroxylation sites is 1. The third-order valence-electron chi connectivity index (χ3n) is 3.03. The van der Waals surface area contributed by atoms with Gasteiger partial charge in [-0.3, -0.25) is 0 Å². The van der Waals surface area contributed by atoms with Gasteiger partial charge in [-0.2, -0.15) is 0 Å². The van der Waals surface area contributed by atoms with Crippen molar-refractivity contribution in [2.45, 2.75) is 26.2 Å². The van der Waals surface area contributed by atoms with E-state index in [0.717, 1.165) is 18.1 Å². The first-order valence-corrected chi connectivity index (χ1v) is 6.94. The summed E-state index contributed by atoms with van der Waals surface area (Å²) in [7, 11) is 0. The predicted octanol–water partition coefficient (Wildman–Crippen LogP) is 3.87. The van der Waals surface area contributed by atoms with E-state index in [1.165, 1.54) is 5.56 Å². The summed E-state index contributed by atoms with van der Waals surface area (Å²) in [5.74, 6) is 1.84. The van der Waals surface area contributed by atoms with Crippen LogP contribution in [0.4, 0.5) is 5.82 Å². The molecule has 1 N–H and O–H groups in total. The molecule has 2 aromatic rings. The second-order valence-corrected chi connectivity index (χ2v) is 5.74. The van der Waals surface area contributed by atoms with Crippen LogP contribution in [0.1, 0.15) is 26.3 Å².